The van der Waals surface area contributed by atoms with Gasteiger partial charge in [0.25, 0.3) is 0 Å². The SMILES string of the molecule is Cc1cccc(NC(=O)C(C)SCCC#N)c1C. The molecule has 1 rings (SSSR count). The van der Waals surface area contributed by atoms with Crippen molar-refractivity contribution in [1.29, 1.82) is 5.26 Å². The molecule has 0 aliphatic carbocycles. The van der Waals surface area contributed by atoms with Gasteiger partial charge in [0.1, 0.15) is 0 Å². The fraction of sp³-hybridized carbons (Fsp3) is 0.429. The highest BCUT2D eigenvalue weighted by atomic mass is 32.2. The number of nitriles is 1. The summed E-state index contributed by atoms with van der Waals surface area (Å²) in [6.07, 6.45) is 0.478. The summed E-state index contributed by atoms with van der Waals surface area (Å²) in [6.45, 7) is 5.89. The number of benzene rings is 1. The van der Waals surface area contributed by atoms with Crippen molar-refractivity contribution in [2.24, 2.45) is 0 Å². The van der Waals surface area contributed by atoms with Crippen LogP contribution in [0.1, 0.15) is 24.5 Å². The molecule has 0 saturated carbocycles. The number of anilines is 1. The number of rotatable bonds is 5. The second-order valence-electron chi connectivity index (χ2n) is 4.16. The molecule has 0 heterocycles. The quantitative estimate of drug-likeness (QED) is 0.828. The average Bonchev–Trinajstić information content (AvgIpc) is 2.35. The summed E-state index contributed by atoms with van der Waals surface area (Å²) < 4.78 is 0. The lowest BCUT2D eigenvalue weighted by Crippen LogP contribution is -2.23. The van der Waals surface area contributed by atoms with Gasteiger partial charge in [-0.1, -0.05) is 12.1 Å². The molecule has 0 bridgehead atoms. The molecule has 1 unspecified atom stereocenters. The smallest absolute Gasteiger partial charge is 0.237 e. The Balaban J connectivity index is 2.59. The third-order valence-electron chi connectivity index (χ3n) is 2.81. The lowest BCUT2D eigenvalue weighted by atomic mass is 10.1. The normalized spacial score (nSPS) is 11.7. The molecule has 96 valence electrons. The first-order valence-electron chi connectivity index (χ1n) is 5.92. The molecule has 4 heteroatoms. The molecule has 18 heavy (non-hydrogen) atoms. The highest BCUT2D eigenvalue weighted by Gasteiger charge is 2.14. The van der Waals surface area contributed by atoms with Gasteiger partial charge in [0, 0.05) is 17.9 Å². The molecule has 1 aromatic rings. The van der Waals surface area contributed by atoms with E-state index in [0.717, 1.165) is 16.8 Å². The number of amides is 1. The Morgan fingerprint density at radius 3 is 2.89 bits per heavy atom. The van der Waals surface area contributed by atoms with Crippen molar-refractivity contribution in [1.82, 2.24) is 0 Å². The number of aryl methyl sites for hydroxylation is 1. The number of nitrogens with one attached hydrogen (secondary N) is 1. The summed E-state index contributed by atoms with van der Waals surface area (Å²) in [5.41, 5.74) is 3.13. The first-order chi connectivity index (χ1) is 8.56. The van der Waals surface area contributed by atoms with Crippen LogP contribution in [0, 0.1) is 25.2 Å². The van der Waals surface area contributed by atoms with Gasteiger partial charge in [-0.05, 0) is 38.0 Å². The second-order valence-corrected chi connectivity index (χ2v) is 5.61. The number of nitrogens with zero attached hydrogens (tertiary/aromatic N) is 1. The fourth-order valence-corrected chi connectivity index (χ4v) is 2.25. The maximum absolute atomic E-state index is 12.0. The lowest BCUT2D eigenvalue weighted by molar-refractivity contribution is -0.115. The second kappa shape index (κ2) is 7.07. The standard InChI is InChI=1S/C14H18N2OS/c1-10-6-4-7-13(11(10)2)16-14(17)12(3)18-9-5-8-15/h4,6-7,12H,5,9H2,1-3H3,(H,16,17). The van der Waals surface area contributed by atoms with Crippen LogP contribution < -0.4 is 5.32 Å². The molecular formula is C14H18N2OS. The van der Waals surface area contributed by atoms with Gasteiger partial charge in [-0.3, -0.25) is 4.79 Å². The van der Waals surface area contributed by atoms with Crippen molar-refractivity contribution in [3.8, 4) is 6.07 Å². The molecule has 0 spiro atoms. The lowest BCUT2D eigenvalue weighted by Gasteiger charge is -2.14. The molecule has 1 N–H and O–H groups in total. The minimum atomic E-state index is -0.140. The van der Waals surface area contributed by atoms with Crippen LogP contribution >= 0.6 is 11.8 Å². The molecule has 0 saturated heterocycles. The van der Waals surface area contributed by atoms with Gasteiger partial charge in [0.15, 0.2) is 0 Å². The molecule has 0 aliphatic heterocycles. The van der Waals surface area contributed by atoms with Gasteiger partial charge >= 0.3 is 0 Å². The Morgan fingerprint density at radius 1 is 1.50 bits per heavy atom. The van der Waals surface area contributed by atoms with E-state index in [1.54, 1.807) is 0 Å². The minimum Gasteiger partial charge on any atom is -0.325 e. The van der Waals surface area contributed by atoms with Crippen molar-refractivity contribution >= 4 is 23.4 Å². The van der Waals surface area contributed by atoms with E-state index in [1.165, 1.54) is 11.8 Å². The fourth-order valence-electron chi connectivity index (χ4n) is 1.48. The van der Waals surface area contributed by atoms with Gasteiger partial charge in [0.05, 0.1) is 11.3 Å². The summed E-state index contributed by atoms with van der Waals surface area (Å²) in [5, 5.41) is 11.3. The highest BCUT2D eigenvalue weighted by Crippen LogP contribution is 2.20. The highest BCUT2D eigenvalue weighted by molar-refractivity contribution is 8.00. The molecule has 0 radical (unpaired) electrons. The van der Waals surface area contributed by atoms with E-state index in [0.29, 0.717) is 12.2 Å². The Labute approximate surface area is 113 Å². The Bertz CT molecular complexity index is 465. The first kappa shape index (κ1) is 14.6. The van der Waals surface area contributed by atoms with Crippen molar-refractivity contribution < 1.29 is 4.79 Å². The average molecular weight is 262 g/mol. The number of hydrogen-bond acceptors (Lipinski definition) is 3. The summed E-state index contributed by atoms with van der Waals surface area (Å²) in [7, 11) is 0. The summed E-state index contributed by atoms with van der Waals surface area (Å²) in [6, 6.07) is 7.95. The van der Waals surface area contributed by atoms with Crippen LogP contribution in [-0.4, -0.2) is 16.9 Å². The molecule has 1 amide bonds. The van der Waals surface area contributed by atoms with Crippen LogP contribution in [0.4, 0.5) is 5.69 Å². The maximum atomic E-state index is 12.0. The summed E-state index contributed by atoms with van der Waals surface area (Å²) in [4.78, 5) is 12.0. The van der Waals surface area contributed by atoms with Gasteiger partial charge in [0.2, 0.25) is 5.91 Å². The third-order valence-corrected chi connectivity index (χ3v) is 3.97. The van der Waals surface area contributed by atoms with E-state index in [1.807, 2.05) is 39.0 Å². The van der Waals surface area contributed by atoms with Crippen LogP contribution in [0.5, 0.6) is 0 Å². The molecular weight excluding hydrogens is 244 g/mol. The van der Waals surface area contributed by atoms with Crippen molar-refractivity contribution in [3.05, 3.63) is 29.3 Å². The van der Waals surface area contributed by atoms with Crippen LogP contribution in [0.2, 0.25) is 0 Å². The van der Waals surface area contributed by atoms with Gasteiger partial charge in [-0.2, -0.15) is 5.26 Å². The first-order valence-corrected chi connectivity index (χ1v) is 6.96. The number of thioether (sulfide) groups is 1. The predicted molar refractivity (Wildman–Crippen MR) is 76.7 cm³/mol. The van der Waals surface area contributed by atoms with Crippen LogP contribution in [-0.2, 0) is 4.79 Å². The summed E-state index contributed by atoms with van der Waals surface area (Å²) >= 11 is 1.50. The Hall–Kier alpha value is -1.47. The molecule has 1 aromatic carbocycles. The zero-order valence-electron chi connectivity index (χ0n) is 11.0. The zero-order chi connectivity index (χ0) is 13.5. The zero-order valence-corrected chi connectivity index (χ0v) is 11.8. The van der Waals surface area contributed by atoms with Crippen molar-refractivity contribution in [2.75, 3.05) is 11.1 Å². The Morgan fingerprint density at radius 2 is 2.22 bits per heavy atom. The van der Waals surface area contributed by atoms with Gasteiger partial charge in [-0.25, -0.2) is 0 Å². The third kappa shape index (κ3) is 4.08. The Kier molecular flexibility index (Phi) is 5.73. The van der Waals surface area contributed by atoms with E-state index in [9.17, 15) is 4.79 Å². The molecule has 0 fully saturated rings. The molecule has 1 atom stereocenters. The van der Waals surface area contributed by atoms with Crippen molar-refractivity contribution in [3.63, 3.8) is 0 Å². The van der Waals surface area contributed by atoms with E-state index < -0.39 is 0 Å². The molecule has 0 aromatic heterocycles. The van der Waals surface area contributed by atoms with Gasteiger partial charge in [-0.15, -0.1) is 11.8 Å². The van der Waals surface area contributed by atoms with E-state index in [4.69, 9.17) is 5.26 Å². The van der Waals surface area contributed by atoms with Crippen LogP contribution in [0.15, 0.2) is 18.2 Å². The topological polar surface area (TPSA) is 52.9 Å². The number of carbonyl (C=O) groups excluding carboxylic acids is 1. The van der Waals surface area contributed by atoms with Crippen LogP contribution in [0.3, 0.4) is 0 Å². The van der Waals surface area contributed by atoms with E-state index in [2.05, 4.69) is 11.4 Å². The van der Waals surface area contributed by atoms with E-state index >= 15 is 0 Å². The summed E-state index contributed by atoms with van der Waals surface area (Å²) in [5.74, 6) is 0.685. The predicted octanol–water partition coefficient (Wildman–Crippen LogP) is 3.28. The molecule has 3 nitrogen and oxygen atoms in total. The van der Waals surface area contributed by atoms with Gasteiger partial charge < -0.3 is 5.32 Å². The number of carbonyl (C=O) groups is 1. The minimum absolute atomic E-state index is 0.00774. The molecule has 0 aliphatic rings. The van der Waals surface area contributed by atoms with Crippen molar-refractivity contribution in [2.45, 2.75) is 32.4 Å². The number of hydrogen-bond donors (Lipinski definition) is 1. The van der Waals surface area contributed by atoms with E-state index in [-0.39, 0.29) is 11.2 Å². The maximum Gasteiger partial charge on any atom is 0.237 e. The van der Waals surface area contributed by atoms with Crippen LogP contribution in [0.25, 0.3) is 0 Å². The largest absolute Gasteiger partial charge is 0.325 e. The monoisotopic (exact) mass is 262 g/mol.